The van der Waals surface area contributed by atoms with E-state index in [2.05, 4.69) is 22.9 Å². The second-order valence-corrected chi connectivity index (χ2v) is 5.19. The van der Waals surface area contributed by atoms with E-state index in [0.29, 0.717) is 35.9 Å². The summed E-state index contributed by atoms with van der Waals surface area (Å²) < 4.78 is 4.92. The van der Waals surface area contributed by atoms with E-state index in [1.807, 2.05) is 0 Å². The van der Waals surface area contributed by atoms with Crippen molar-refractivity contribution in [2.24, 2.45) is 5.92 Å². The standard InChI is InChI=1S/C14H24N4O4/c1-3-4-5-6-12(9-18(21)10-19)14(20)16-15-8-13-7-11(2)22-17-13/h7,10,12,15,21H,3-6,8-9H2,1-2H3,(H,16,20). The predicted molar refractivity (Wildman–Crippen MR) is 78.4 cm³/mol. The fourth-order valence-corrected chi connectivity index (χ4v) is 2.04. The molecule has 22 heavy (non-hydrogen) atoms. The van der Waals surface area contributed by atoms with Crippen molar-refractivity contribution in [1.82, 2.24) is 21.1 Å². The van der Waals surface area contributed by atoms with Crippen LogP contribution < -0.4 is 10.9 Å². The maximum Gasteiger partial charge on any atom is 0.239 e. The number of amides is 2. The molecule has 1 atom stereocenters. The number of carbonyl (C=O) groups is 2. The van der Waals surface area contributed by atoms with E-state index in [4.69, 9.17) is 4.52 Å². The molecule has 1 heterocycles. The van der Waals surface area contributed by atoms with Gasteiger partial charge in [0.1, 0.15) is 5.76 Å². The Hall–Kier alpha value is -1.93. The molecule has 0 aliphatic heterocycles. The van der Waals surface area contributed by atoms with Crippen molar-refractivity contribution in [2.75, 3.05) is 6.54 Å². The number of aryl methyl sites for hydroxylation is 1. The van der Waals surface area contributed by atoms with Gasteiger partial charge < -0.3 is 4.52 Å². The molecule has 0 spiro atoms. The third-order valence-corrected chi connectivity index (χ3v) is 3.21. The first-order valence-electron chi connectivity index (χ1n) is 7.42. The molecule has 1 rings (SSSR count). The van der Waals surface area contributed by atoms with Gasteiger partial charge in [0.05, 0.1) is 24.7 Å². The predicted octanol–water partition coefficient (Wildman–Crippen LogP) is 1.15. The first-order valence-corrected chi connectivity index (χ1v) is 7.42. The summed E-state index contributed by atoms with van der Waals surface area (Å²) in [7, 11) is 0. The lowest BCUT2D eigenvalue weighted by Gasteiger charge is -2.19. The zero-order chi connectivity index (χ0) is 16.4. The van der Waals surface area contributed by atoms with Crippen molar-refractivity contribution in [1.29, 1.82) is 0 Å². The smallest absolute Gasteiger partial charge is 0.239 e. The number of unbranched alkanes of at least 4 members (excludes halogenated alkanes) is 2. The van der Waals surface area contributed by atoms with Crippen LogP contribution in [0.5, 0.6) is 0 Å². The molecule has 0 saturated carbocycles. The summed E-state index contributed by atoms with van der Waals surface area (Å²) >= 11 is 0. The zero-order valence-corrected chi connectivity index (χ0v) is 13.0. The van der Waals surface area contributed by atoms with Crippen LogP contribution in [0, 0.1) is 12.8 Å². The van der Waals surface area contributed by atoms with E-state index in [1.54, 1.807) is 13.0 Å². The van der Waals surface area contributed by atoms with Crippen LogP contribution in [0.3, 0.4) is 0 Å². The molecular weight excluding hydrogens is 288 g/mol. The first-order chi connectivity index (χ1) is 10.6. The Morgan fingerprint density at radius 3 is 2.91 bits per heavy atom. The van der Waals surface area contributed by atoms with E-state index in [-0.39, 0.29) is 12.5 Å². The van der Waals surface area contributed by atoms with Crippen LogP contribution >= 0.6 is 0 Å². The highest BCUT2D eigenvalue weighted by Gasteiger charge is 2.20. The van der Waals surface area contributed by atoms with Gasteiger partial charge in [0, 0.05) is 6.07 Å². The fourth-order valence-electron chi connectivity index (χ4n) is 2.04. The third kappa shape index (κ3) is 6.68. The lowest BCUT2D eigenvalue weighted by molar-refractivity contribution is -0.154. The summed E-state index contributed by atoms with van der Waals surface area (Å²) in [6.07, 6.45) is 3.81. The summed E-state index contributed by atoms with van der Waals surface area (Å²) in [5.41, 5.74) is 6.02. The van der Waals surface area contributed by atoms with E-state index in [1.165, 1.54) is 0 Å². The molecule has 1 unspecified atom stereocenters. The van der Waals surface area contributed by atoms with Crippen LogP contribution in [0.1, 0.15) is 44.1 Å². The molecule has 0 aliphatic rings. The molecule has 0 radical (unpaired) electrons. The lowest BCUT2D eigenvalue weighted by Crippen LogP contribution is -2.44. The first kappa shape index (κ1) is 18.1. The van der Waals surface area contributed by atoms with Gasteiger partial charge in [-0.1, -0.05) is 31.3 Å². The Morgan fingerprint density at radius 2 is 2.32 bits per heavy atom. The number of aromatic nitrogens is 1. The van der Waals surface area contributed by atoms with Gasteiger partial charge in [-0.15, -0.1) is 0 Å². The highest BCUT2D eigenvalue weighted by molar-refractivity contribution is 5.78. The summed E-state index contributed by atoms with van der Waals surface area (Å²) in [6, 6.07) is 1.76. The molecule has 1 aromatic heterocycles. The molecule has 0 aromatic carbocycles. The SMILES string of the molecule is CCCCCC(CN(O)C=O)C(=O)NNCc1cc(C)on1. The van der Waals surface area contributed by atoms with Crippen molar-refractivity contribution < 1.29 is 19.3 Å². The number of carbonyl (C=O) groups excluding carboxylic acids is 2. The van der Waals surface area contributed by atoms with Crippen molar-refractivity contribution >= 4 is 12.3 Å². The number of hydrazine groups is 1. The molecule has 0 fully saturated rings. The normalized spacial score (nSPS) is 12.0. The van der Waals surface area contributed by atoms with Gasteiger partial charge in [-0.3, -0.25) is 20.2 Å². The van der Waals surface area contributed by atoms with Crippen LogP contribution in [0.15, 0.2) is 10.6 Å². The summed E-state index contributed by atoms with van der Waals surface area (Å²) in [4.78, 5) is 22.6. The molecular formula is C14H24N4O4. The highest BCUT2D eigenvalue weighted by Crippen LogP contribution is 2.11. The lowest BCUT2D eigenvalue weighted by atomic mass is 10.0. The largest absolute Gasteiger partial charge is 0.361 e. The molecule has 0 saturated heterocycles. The Bertz CT molecular complexity index is 463. The number of hydroxylamine groups is 2. The third-order valence-electron chi connectivity index (χ3n) is 3.21. The summed E-state index contributed by atoms with van der Waals surface area (Å²) in [5, 5.41) is 13.6. The molecule has 8 nitrogen and oxygen atoms in total. The van der Waals surface area contributed by atoms with Crippen molar-refractivity contribution in [2.45, 2.75) is 46.1 Å². The van der Waals surface area contributed by atoms with Crippen molar-refractivity contribution in [3.05, 3.63) is 17.5 Å². The zero-order valence-electron chi connectivity index (χ0n) is 13.0. The highest BCUT2D eigenvalue weighted by atomic mass is 16.5. The van der Waals surface area contributed by atoms with E-state index in [9.17, 15) is 14.8 Å². The van der Waals surface area contributed by atoms with Gasteiger partial charge >= 0.3 is 0 Å². The van der Waals surface area contributed by atoms with Gasteiger partial charge in [0.2, 0.25) is 12.3 Å². The molecule has 0 aliphatic carbocycles. The van der Waals surface area contributed by atoms with Gasteiger partial charge in [-0.05, 0) is 13.3 Å². The van der Waals surface area contributed by atoms with Crippen molar-refractivity contribution in [3.8, 4) is 0 Å². The average molecular weight is 312 g/mol. The van der Waals surface area contributed by atoms with Crippen molar-refractivity contribution in [3.63, 3.8) is 0 Å². The van der Waals surface area contributed by atoms with Gasteiger partial charge in [-0.2, -0.15) is 0 Å². The minimum atomic E-state index is -0.465. The summed E-state index contributed by atoms with van der Waals surface area (Å²) in [6.45, 7) is 4.17. The number of hydrogen-bond acceptors (Lipinski definition) is 6. The Morgan fingerprint density at radius 1 is 1.55 bits per heavy atom. The van der Waals surface area contributed by atoms with E-state index >= 15 is 0 Å². The van der Waals surface area contributed by atoms with Crippen LogP contribution in [0.2, 0.25) is 0 Å². The van der Waals surface area contributed by atoms with Gasteiger partial charge in [-0.25, -0.2) is 10.5 Å². The number of nitrogens with one attached hydrogen (secondary N) is 2. The minimum Gasteiger partial charge on any atom is -0.361 e. The van der Waals surface area contributed by atoms with E-state index < -0.39 is 5.92 Å². The van der Waals surface area contributed by atoms with Crippen LogP contribution in [0.25, 0.3) is 0 Å². The molecule has 2 amide bonds. The van der Waals surface area contributed by atoms with Gasteiger partial charge in [0.25, 0.3) is 0 Å². The molecule has 8 heteroatoms. The Kier molecular flexibility index (Phi) is 8.16. The van der Waals surface area contributed by atoms with Gasteiger partial charge in [0.15, 0.2) is 0 Å². The van der Waals surface area contributed by atoms with Crippen LogP contribution in [-0.4, -0.2) is 34.3 Å². The number of nitrogens with zero attached hydrogens (tertiary/aromatic N) is 2. The second kappa shape index (κ2) is 9.91. The fraction of sp³-hybridized carbons (Fsp3) is 0.643. The second-order valence-electron chi connectivity index (χ2n) is 5.19. The number of rotatable bonds is 11. The van der Waals surface area contributed by atoms with Crippen LogP contribution in [-0.2, 0) is 16.1 Å². The maximum absolute atomic E-state index is 12.1. The topological polar surface area (TPSA) is 108 Å². The van der Waals surface area contributed by atoms with Crippen LogP contribution in [0.4, 0.5) is 0 Å². The molecule has 0 bridgehead atoms. The minimum absolute atomic E-state index is 0.0240. The average Bonchev–Trinajstić information content (AvgIpc) is 2.91. The molecule has 124 valence electrons. The number of hydrogen-bond donors (Lipinski definition) is 3. The Labute approximate surface area is 129 Å². The Balaban J connectivity index is 2.41. The molecule has 3 N–H and O–H groups in total. The van der Waals surface area contributed by atoms with E-state index in [0.717, 1.165) is 19.3 Å². The molecule has 1 aromatic rings. The summed E-state index contributed by atoms with van der Waals surface area (Å²) in [5.74, 6) is -0.0343. The monoisotopic (exact) mass is 312 g/mol. The quantitative estimate of drug-likeness (QED) is 0.245. The maximum atomic E-state index is 12.1.